The quantitative estimate of drug-likeness (QED) is 0.234. The van der Waals surface area contributed by atoms with Gasteiger partial charge >= 0.3 is 0 Å². The van der Waals surface area contributed by atoms with Crippen molar-refractivity contribution in [3.8, 4) is 10.7 Å². The molecule has 0 amide bonds. The first-order valence-electron chi connectivity index (χ1n) is 13.1. The fourth-order valence-corrected chi connectivity index (χ4v) is 14.3. The maximum Gasteiger partial charge on any atom is 0.198 e. The molecule has 198 valence electrons. The first-order valence-corrected chi connectivity index (χ1v) is 20.6. The van der Waals surface area contributed by atoms with Crippen LogP contribution in [-0.2, 0) is 32.2 Å². The van der Waals surface area contributed by atoms with Crippen LogP contribution in [0.25, 0.3) is 10.7 Å². The molecule has 1 saturated carbocycles. The van der Waals surface area contributed by atoms with Gasteiger partial charge in [-0.2, -0.15) is 0 Å². The molecule has 0 radical (unpaired) electrons. The summed E-state index contributed by atoms with van der Waals surface area (Å²) in [6, 6.07) is 24.4. The molecule has 0 spiro atoms. The topological polar surface area (TPSA) is 14.2 Å². The van der Waals surface area contributed by atoms with Gasteiger partial charge in [0.05, 0.1) is 0 Å². The maximum absolute atomic E-state index is 5.97. The zero-order chi connectivity index (χ0) is 25.9. The minimum Gasteiger partial charge on any atom is -0.449 e. The first kappa shape index (κ1) is 29.9. The van der Waals surface area contributed by atoms with Crippen LogP contribution in [0, 0.1) is 5.67 Å². The van der Waals surface area contributed by atoms with Crippen molar-refractivity contribution in [1.29, 1.82) is 0 Å². The second-order valence-electron chi connectivity index (χ2n) is 11.2. The SMILES string of the molecule is C=C[Si](C)(C)O[Si](C)(C)C=C.Cn1c2c(cc(-c3ccccc3)/[si]1=C\c1ccccc1)C1CCC2C1.[Pt]. The Kier molecular flexibility index (Phi) is 10.1. The summed E-state index contributed by atoms with van der Waals surface area (Å²) >= 11 is 0. The second-order valence-corrected chi connectivity index (χ2v) is 21.5. The van der Waals surface area contributed by atoms with E-state index in [4.69, 9.17) is 4.12 Å². The number of aromatic nitrogens is 1. The summed E-state index contributed by atoms with van der Waals surface area (Å²) in [6.07, 6.45) is 4.16. The van der Waals surface area contributed by atoms with Crippen molar-refractivity contribution in [3.63, 3.8) is 0 Å². The van der Waals surface area contributed by atoms with Crippen molar-refractivity contribution in [2.24, 2.45) is 7.05 Å². The Morgan fingerprint density at radius 1 is 0.865 bits per heavy atom. The summed E-state index contributed by atoms with van der Waals surface area (Å²) in [4.78, 5) is 0. The molecule has 2 atom stereocenters. The molecular weight excluding hydrogens is 682 g/mol. The van der Waals surface area contributed by atoms with Gasteiger partial charge in [-0.25, -0.2) is 0 Å². The van der Waals surface area contributed by atoms with Gasteiger partial charge in [0.25, 0.3) is 0 Å². The molecule has 37 heavy (non-hydrogen) atoms. The molecule has 1 aromatic heterocycles. The van der Waals surface area contributed by atoms with Gasteiger partial charge in [0, 0.05) is 33.8 Å². The monoisotopic (exact) mass is 722 g/mol. The molecule has 0 saturated heterocycles. The third kappa shape index (κ3) is 7.07. The number of fused-ring (bicyclic) bond motifs is 5. The van der Waals surface area contributed by atoms with Crippen LogP contribution in [0.5, 0.6) is 0 Å². The van der Waals surface area contributed by atoms with Crippen molar-refractivity contribution in [2.45, 2.75) is 57.3 Å². The van der Waals surface area contributed by atoms with Crippen LogP contribution in [0.1, 0.15) is 47.9 Å². The summed E-state index contributed by atoms with van der Waals surface area (Å²) in [7, 11) is -1.74. The number of hydrogen-bond acceptors (Lipinski definition) is 1. The minimum absolute atomic E-state index is 0. The fraction of sp³-hybridized carbons (Fsp3) is 0.323. The Labute approximate surface area is 241 Å². The van der Waals surface area contributed by atoms with Crippen LogP contribution in [0.2, 0.25) is 26.2 Å². The summed E-state index contributed by atoms with van der Waals surface area (Å²) in [5.74, 6) is 1.61. The van der Waals surface area contributed by atoms with Gasteiger partial charge in [-0.15, -0.1) is 13.2 Å². The number of nitrogens with zero attached hydrogens (tertiary/aromatic N) is 1. The Bertz CT molecular complexity index is 1280. The Morgan fingerprint density at radius 3 is 1.97 bits per heavy atom. The molecule has 2 bridgehead atoms. The molecule has 2 aliphatic rings. The van der Waals surface area contributed by atoms with E-state index in [1.54, 1.807) is 16.4 Å². The zero-order valence-electron chi connectivity index (χ0n) is 22.9. The summed E-state index contributed by atoms with van der Waals surface area (Å²) in [5.41, 5.74) is 12.5. The van der Waals surface area contributed by atoms with E-state index in [-0.39, 0.29) is 21.1 Å². The van der Waals surface area contributed by atoms with Gasteiger partial charge in [0.1, 0.15) is 0 Å². The molecule has 6 heteroatoms. The molecule has 1 heterocycles. The Balaban J connectivity index is 0.000000273. The predicted octanol–water partition coefficient (Wildman–Crippen LogP) is 8.28. The molecule has 0 aliphatic heterocycles. The summed E-state index contributed by atoms with van der Waals surface area (Å²) in [5, 5.41) is 1.54. The van der Waals surface area contributed by atoms with Crippen LogP contribution in [-0.4, -0.2) is 29.0 Å². The van der Waals surface area contributed by atoms with Gasteiger partial charge in [-0.05, 0) is 79.2 Å². The van der Waals surface area contributed by atoms with E-state index in [2.05, 4.69) is 123 Å². The Hall–Kier alpha value is -1.63. The molecule has 2 nitrogen and oxygen atoms in total. The smallest absolute Gasteiger partial charge is 0.198 e. The number of rotatable bonds is 6. The third-order valence-corrected chi connectivity index (χ3v) is 16.3. The van der Waals surface area contributed by atoms with Crippen LogP contribution in [0.3, 0.4) is 0 Å². The fourth-order valence-electron chi connectivity index (χ4n) is 5.65. The van der Waals surface area contributed by atoms with Crippen LogP contribution >= 0.6 is 0 Å². The van der Waals surface area contributed by atoms with E-state index in [1.807, 2.05) is 11.4 Å². The van der Waals surface area contributed by atoms with Crippen molar-refractivity contribution in [1.82, 2.24) is 4.22 Å². The zero-order valence-corrected chi connectivity index (χ0v) is 28.2. The van der Waals surface area contributed by atoms with Gasteiger partial charge in [-0.1, -0.05) is 83.8 Å². The van der Waals surface area contributed by atoms with Gasteiger partial charge in [0.15, 0.2) is 24.8 Å². The third-order valence-electron chi connectivity index (χ3n) is 7.55. The molecule has 5 rings (SSSR count). The van der Waals surface area contributed by atoms with Crippen molar-refractivity contribution >= 4 is 24.8 Å². The van der Waals surface area contributed by atoms with E-state index in [0.717, 1.165) is 11.8 Å². The van der Waals surface area contributed by atoms with Gasteiger partial charge in [0.2, 0.25) is 0 Å². The predicted molar refractivity (Wildman–Crippen MR) is 162 cm³/mol. The molecule has 2 unspecified atom stereocenters. The number of hydrogen-bond donors (Lipinski definition) is 0. The van der Waals surface area contributed by atoms with E-state index in [1.165, 1.54) is 30.4 Å². The second kappa shape index (κ2) is 12.5. The van der Waals surface area contributed by atoms with E-state index in [0.29, 0.717) is 0 Å². The van der Waals surface area contributed by atoms with E-state index in [9.17, 15) is 0 Å². The van der Waals surface area contributed by atoms with Crippen LogP contribution in [0.15, 0.2) is 91.3 Å². The normalized spacial score (nSPS) is 18.4. The molecule has 2 aromatic carbocycles. The van der Waals surface area contributed by atoms with Crippen molar-refractivity contribution in [2.75, 3.05) is 0 Å². The minimum atomic E-state index is -1.58. The largest absolute Gasteiger partial charge is 0.449 e. The van der Waals surface area contributed by atoms with E-state index >= 15 is 0 Å². The molecule has 1 fully saturated rings. The summed E-state index contributed by atoms with van der Waals surface area (Å²) < 4.78 is 8.63. The molecule has 3 aromatic rings. The molecule has 2 aliphatic carbocycles. The molecule has 0 N–H and O–H groups in total. The Morgan fingerprint density at radius 2 is 1.41 bits per heavy atom. The average molecular weight is 723 g/mol. The number of benzene rings is 2. The summed E-state index contributed by atoms with van der Waals surface area (Å²) in [6.45, 7) is 16.2. The maximum atomic E-state index is 5.97. The standard InChI is InChI=1S/C23H23NSi.C8H18OSi2.Pt/c1-24-23-20-13-12-19(14-20)21(23)15-22(18-10-6-3-7-11-18)25(24)16-17-8-4-2-5-9-17;1-7-10(3,4)9-11(5,6)8-2;/h2-11,15-16,19-20H,12-14H2,1H3;7-8H,1-2H2,3-6H3;/b25-16+;;. The van der Waals surface area contributed by atoms with Gasteiger partial charge < -0.3 is 8.34 Å². The van der Waals surface area contributed by atoms with Crippen molar-refractivity contribution < 1.29 is 25.2 Å². The van der Waals surface area contributed by atoms with E-state index < -0.39 is 24.8 Å². The van der Waals surface area contributed by atoms with Gasteiger partial charge in [-0.3, -0.25) is 0 Å². The molecular formula is C31H41NOPtSi3. The van der Waals surface area contributed by atoms with Crippen LogP contribution in [0.4, 0.5) is 0 Å². The first-order chi connectivity index (χ1) is 17.1. The van der Waals surface area contributed by atoms with Crippen LogP contribution < -0.4 is 0 Å². The average Bonchev–Trinajstić information content (AvgIpc) is 3.49. The van der Waals surface area contributed by atoms with Crippen molar-refractivity contribution in [3.05, 3.63) is 114 Å².